The zero-order valence-electron chi connectivity index (χ0n) is 7.80. The molecule has 0 aliphatic rings. The zero-order chi connectivity index (χ0) is 8.91. The van der Waals surface area contributed by atoms with E-state index in [0.29, 0.717) is 6.42 Å². The Kier molecular flexibility index (Phi) is 4.69. The Morgan fingerprint density at radius 2 is 1.73 bits per heavy atom. The van der Waals surface area contributed by atoms with Crippen LogP contribution in [-0.4, -0.2) is 16.0 Å². The Hall–Kier alpha value is -0.0800. The van der Waals surface area contributed by atoms with Crippen molar-refractivity contribution in [1.29, 1.82) is 0 Å². The molecule has 68 valence electrons. The van der Waals surface area contributed by atoms with Gasteiger partial charge in [0.15, 0.2) is 5.79 Å². The van der Waals surface area contributed by atoms with Gasteiger partial charge in [-0.2, -0.15) is 0 Å². The van der Waals surface area contributed by atoms with Crippen LogP contribution in [0.2, 0.25) is 0 Å². The fraction of sp³-hybridized carbons (Fsp3) is 1.00. The Morgan fingerprint density at radius 1 is 1.18 bits per heavy atom. The average molecular weight is 160 g/mol. The van der Waals surface area contributed by atoms with E-state index >= 15 is 0 Å². The van der Waals surface area contributed by atoms with Crippen LogP contribution in [0.1, 0.15) is 46.5 Å². The molecule has 0 bridgehead atoms. The third kappa shape index (κ3) is 3.21. The van der Waals surface area contributed by atoms with Crippen molar-refractivity contribution < 1.29 is 10.2 Å². The van der Waals surface area contributed by atoms with Crippen molar-refractivity contribution in [2.24, 2.45) is 5.92 Å². The highest BCUT2D eigenvalue weighted by Gasteiger charge is 2.29. The van der Waals surface area contributed by atoms with E-state index in [1.807, 2.05) is 6.92 Å². The van der Waals surface area contributed by atoms with Gasteiger partial charge < -0.3 is 10.2 Å². The van der Waals surface area contributed by atoms with E-state index in [2.05, 4.69) is 6.92 Å². The minimum Gasteiger partial charge on any atom is -0.365 e. The van der Waals surface area contributed by atoms with Gasteiger partial charge in [0, 0.05) is 5.92 Å². The molecule has 0 aromatic rings. The van der Waals surface area contributed by atoms with Crippen molar-refractivity contribution >= 4 is 0 Å². The van der Waals surface area contributed by atoms with Crippen LogP contribution in [0.5, 0.6) is 0 Å². The third-order valence-corrected chi connectivity index (χ3v) is 2.30. The van der Waals surface area contributed by atoms with Gasteiger partial charge in [-0.15, -0.1) is 0 Å². The highest BCUT2D eigenvalue weighted by molar-refractivity contribution is 4.72. The van der Waals surface area contributed by atoms with Gasteiger partial charge in [0.25, 0.3) is 0 Å². The van der Waals surface area contributed by atoms with Crippen LogP contribution in [0.15, 0.2) is 0 Å². The molecule has 0 spiro atoms. The molecule has 0 saturated carbocycles. The smallest absolute Gasteiger partial charge is 0.165 e. The molecule has 0 heterocycles. The summed E-state index contributed by atoms with van der Waals surface area (Å²) in [7, 11) is 0. The zero-order valence-corrected chi connectivity index (χ0v) is 7.80. The lowest BCUT2D eigenvalue weighted by Crippen LogP contribution is -2.36. The maximum Gasteiger partial charge on any atom is 0.165 e. The monoisotopic (exact) mass is 160 g/mol. The summed E-state index contributed by atoms with van der Waals surface area (Å²) in [4.78, 5) is 0. The summed E-state index contributed by atoms with van der Waals surface area (Å²) in [6, 6.07) is 0. The minimum absolute atomic E-state index is 0.0394. The van der Waals surface area contributed by atoms with Gasteiger partial charge in [-0.25, -0.2) is 0 Å². The summed E-state index contributed by atoms with van der Waals surface area (Å²) in [5, 5.41) is 18.9. The predicted octanol–water partition coefficient (Wildman–Crippen LogP) is 1.90. The summed E-state index contributed by atoms with van der Waals surface area (Å²) < 4.78 is 0. The number of rotatable bonds is 5. The van der Waals surface area contributed by atoms with Gasteiger partial charge in [-0.1, -0.05) is 27.2 Å². The van der Waals surface area contributed by atoms with Crippen molar-refractivity contribution in [1.82, 2.24) is 0 Å². The van der Waals surface area contributed by atoms with Crippen molar-refractivity contribution in [3.05, 3.63) is 0 Å². The summed E-state index contributed by atoms with van der Waals surface area (Å²) in [5.41, 5.74) is 0. The molecular formula is C9H20O2. The Morgan fingerprint density at radius 3 is 2.00 bits per heavy atom. The van der Waals surface area contributed by atoms with Crippen LogP contribution in [-0.2, 0) is 0 Å². The Balaban J connectivity index is 3.99. The molecule has 1 atom stereocenters. The summed E-state index contributed by atoms with van der Waals surface area (Å²) in [6.45, 7) is 5.86. The van der Waals surface area contributed by atoms with Gasteiger partial charge in [-0.3, -0.25) is 0 Å². The Labute approximate surface area is 69.2 Å². The largest absolute Gasteiger partial charge is 0.365 e. The molecule has 2 heteroatoms. The summed E-state index contributed by atoms with van der Waals surface area (Å²) in [6.07, 6.45) is 3.18. The van der Waals surface area contributed by atoms with E-state index in [1.54, 1.807) is 6.92 Å². The lowest BCUT2D eigenvalue weighted by Gasteiger charge is -2.29. The molecule has 0 aromatic carbocycles. The molecule has 2 nitrogen and oxygen atoms in total. The standard InChI is InChI=1S/C9H20O2/c1-4-7-8(5-2)9(10,11)6-3/h8,10-11H,4-7H2,1-3H3. The molecular weight excluding hydrogens is 140 g/mol. The van der Waals surface area contributed by atoms with Crippen LogP contribution in [0, 0.1) is 5.92 Å². The first-order valence-electron chi connectivity index (χ1n) is 4.53. The predicted molar refractivity (Wildman–Crippen MR) is 46.1 cm³/mol. The van der Waals surface area contributed by atoms with Crippen LogP contribution < -0.4 is 0 Å². The van der Waals surface area contributed by atoms with Crippen molar-refractivity contribution in [2.75, 3.05) is 0 Å². The molecule has 0 aromatic heterocycles. The quantitative estimate of drug-likeness (QED) is 0.603. The molecule has 0 radical (unpaired) electrons. The minimum atomic E-state index is -1.44. The molecule has 0 fully saturated rings. The van der Waals surface area contributed by atoms with Crippen LogP contribution in [0.3, 0.4) is 0 Å². The maximum atomic E-state index is 9.47. The number of aliphatic hydroxyl groups is 2. The molecule has 0 rings (SSSR count). The lowest BCUT2D eigenvalue weighted by molar-refractivity contribution is -0.204. The van der Waals surface area contributed by atoms with Gasteiger partial charge >= 0.3 is 0 Å². The molecule has 0 saturated heterocycles. The maximum absolute atomic E-state index is 9.47. The first-order valence-corrected chi connectivity index (χ1v) is 4.53. The molecule has 2 N–H and O–H groups in total. The molecule has 0 aliphatic carbocycles. The molecule has 11 heavy (non-hydrogen) atoms. The van der Waals surface area contributed by atoms with E-state index < -0.39 is 5.79 Å². The number of hydrogen-bond donors (Lipinski definition) is 2. The van der Waals surface area contributed by atoms with Crippen molar-refractivity contribution in [2.45, 2.75) is 52.2 Å². The van der Waals surface area contributed by atoms with Gasteiger partial charge in [0.05, 0.1) is 0 Å². The second-order valence-corrected chi connectivity index (χ2v) is 3.13. The van der Waals surface area contributed by atoms with Gasteiger partial charge in [0.1, 0.15) is 0 Å². The lowest BCUT2D eigenvalue weighted by atomic mass is 9.90. The van der Waals surface area contributed by atoms with E-state index in [-0.39, 0.29) is 5.92 Å². The van der Waals surface area contributed by atoms with E-state index in [9.17, 15) is 10.2 Å². The first kappa shape index (κ1) is 10.9. The average Bonchev–Trinajstić information content (AvgIpc) is 2.00. The van der Waals surface area contributed by atoms with E-state index in [4.69, 9.17) is 0 Å². The van der Waals surface area contributed by atoms with E-state index in [0.717, 1.165) is 19.3 Å². The van der Waals surface area contributed by atoms with Crippen LogP contribution in [0.4, 0.5) is 0 Å². The van der Waals surface area contributed by atoms with Crippen molar-refractivity contribution in [3.8, 4) is 0 Å². The molecule has 0 amide bonds. The SMILES string of the molecule is CCCC(CC)C(O)(O)CC. The highest BCUT2D eigenvalue weighted by atomic mass is 16.5. The second kappa shape index (κ2) is 4.73. The third-order valence-electron chi connectivity index (χ3n) is 2.30. The van der Waals surface area contributed by atoms with Gasteiger partial charge in [0.2, 0.25) is 0 Å². The second-order valence-electron chi connectivity index (χ2n) is 3.13. The summed E-state index contributed by atoms with van der Waals surface area (Å²) in [5.74, 6) is -1.40. The Bertz CT molecular complexity index is 99.7. The fourth-order valence-corrected chi connectivity index (χ4v) is 1.40. The normalized spacial score (nSPS) is 15.0. The van der Waals surface area contributed by atoms with Crippen LogP contribution in [0.25, 0.3) is 0 Å². The van der Waals surface area contributed by atoms with Crippen LogP contribution >= 0.6 is 0 Å². The fourth-order valence-electron chi connectivity index (χ4n) is 1.40. The first-order chi connectivity index (χ1) is 5.08. The van der Waals surface area contributed by atoms with Crippen molar-refractivity contribution in [3.63, 3.8) is 0 Å². The number of hydrogen-bond acceptors (Lipinski definition) is 2. The van der Waals surface area contributed by atoms with Gasteiger partial charge in [-0.05, 0) is 19.3 Å². The topological polar surface area (TPSA) is 40.5 Å². The molecule has 1 unspecified atom stereocenters. The summed E-state index contributed by atoms with van der Waals surface area (Å²) >= 11 is 0. The van der Waals surface area contributed by atoms with E-state index in [1.165, 1.54) is 0 Å². The molecule has 0 aliphatic heterocycles. The highest BCUT2D eigenvalue weighted by Crippen LogP contribution is 2.25.